The number of piperazine rings is 1. The van der Waals surface area contributed by atoms with Crippen molar-refractivity contribution >= 4 is 17.3 Å². The highest BCUT2D eigenvalue weighted by Crippen LogP contribution is 2.19. The molecule has 6 nitrogen and oxygen atoms in total. The van der Waals surface area contributed by atoms with Gasteiger partial charge in [0.2, 0.25) is 0 Å². The zero-order valence-corrected chi connectivity index (χ0v) is 12.0. The summed E-state index contributed by atoms with van der Waals surface area (Å²) < 4.78 is 0. The Morgan fingerprint density at radius 1 is 1.14 bits per heavy atom. The highest BCUT2D eigenvalue weighted by molar-refractivity contribution is 6.02. The molecule has 2 heterocycles. The van der Waals surface area contributed by atoms with Gasteiger partial charge in [0.15, 0.2) is 0 Å². The molecule has 1 fully saturated rings. The first-order valence-corrected chi connectivity index (χ1v) is 7.07. The lowest BCUT2D eigenvalue weighted by Gasteiger charge is -2.34. The molecule has 1 amide bonds. The maximum Gasteiger partial charge on any atom is 0.273 e. The molecule has 0 aliphatic carbocycles. The quantitative estimate of drug-likeness (QED) is 0.895. The van der Waals surface area contributed by atoms with Gasteiger partial charge in [-0.15, -0.1) is 0 Å². The van der Waals surface area contributed by atoms with E-state index in [0.29, 0.717) is 5.69 Å². The molecule has 1 saturated heterocycles. The van der Waals surface area contributed by atoms with Crippen molar-refractivity contribution in [2.75, 3.05) is 43.4 Å². The SMILES string of the molecule is CN1CCN(c2ccc(NC(=O)c3ccn[nH]3)cc2)CC1. The first-order chi connectivity index (χ1) is 10.2. The van der Waals surface area contributed by atoms with Gasteiger partial charge in [-0.2, -0.15) is 5.10 Å². The van der Waals surface area contributed by atoms with Crippen LogP contribution >= 0.6 is 0 Å². The van der Waals surface area contributed by atoms with Crippen LogP contribution in [0.1, 0.15) is 10.5 Å². The summed E-state index contributed by atoms with van der Waals surface area (Å²) in [6.45, 7) is 4.24. The minimum absolute atomic E-state index is 0.181. The summed E-state index contributed by atoms with van der Waals surface area (Å²) in [7, 11) is 2.14. The van der Waals surface area contributed by atoms with E-state index in [0.717, 1.165) is 31.9 Å². The monoisotopic (exact) mass is 285 g/mol. The van der Waals surface area contributed by atoms with E-state index in [1.54, 1.807) is 12.3 Å². The van der Waals surface area contributed by atoms with E-state index in [1.165, 1.54) is 5.69 Å². The molecule has 1 aromatic heterocycles. The lowest BCUT2D eigenvalue weighted by molar-refractivity contribution is 0.102. The molecule has 0 radical (unpaired) electrons. The van der Waals surface area contributed by atoms with Crippen LogP contribution in [0.3, 0.4) is 0 Å². The molecule has 0 unspecified atom stereocenters. The smallest absolute Gasteiger partial charge is 0.273 e. The average Bonchev–Trinajstić information content (AvgIpc) is 3.03. The molecule has 0 atom stereocenters. The van der Waals surface area contributed by atoms with E-state index >= 15 is 0 Å². The van der Waals surface area contributed by atoms with Gasteiger partial charge in [-0.1, -0.05) is 0 Å². The fraction of sp³-hybridized carbons (Fsp3) is 0.333. The number of hydrogen-bond acceptors (Lipinski definition) is 4. The molecule has 21 heavy (non-hydrogen) atoms. The van der Waals surface area contributed by atoms with Crippen molar-refractivity contribution in [2.24, 2.45) is 0 Å². The van der Waals surface area contributed by atoms with Crippen molar-refractivity contribution in [1.82, 2.24) is 15.1 Å². The van der Waals surface area contributed by atoms with Crippen LogP contribution in [0.5, 0.6) is 0 Å². The Morgan fingerprint density at radius 3 is 2.48 bits per heavy atom. The van der Waals surface area contributed by atoms with Gasteiger partial charge in [0, 0.05) is 43.8 Å². The topological polar surface area (TPSA) is 64.3 Å². The van der Waals surface area contributed by atoms with Gasteiger partial charge in [0.1, 0.15) is 5.69 Å². The Morgan fingerprint density at radius 2 is 1.86 bits per heavy atom. The molecular formula is C15H19N5O. The summed E-state index contributed by atoms with van der Waals surface area (Å²) >= 11 is 0. The molecule has 0 spiro atoms. The van der Waals surface area contributed by atoms with Crippen molar-refractivity contribution in [1.29, 1.82) is 0 Å². The van der Waals surface area contributed by atoms with Gasteiger partial charge in [-0.05, 0) is 37.4 Å². The van der Waals surface area contributed by atoms with Crippen LogP contribution in [0, 0.1) is 0 Å². The molecule has 2 N–H and O–H groups in total. The van der Waals surface area contributed by atoms with Crippen LogP contribution in [0.2, 0.25) is 0 Å². The standard InChI is InChI=1S/C15H19N5O/c1-19-8-10-20(11-9-19)13-4-2-12(3-5-13)17-15(21)14-6-7-16-18-14/h2-7H,8-11H2,1H3,(H,16,18)(H,17,21). The third-order valence-corrected chi connectivity index (χ3v) is 3.74. The van der Waals surface area contributed by atoms with Gasteiger partial charge < -0.3 is 15.1 Å². The lowest BCUT2D eigenvalue weighted by atomic mass is 10.2. The molecule has 2 aromatic rings. The molecular weight excluding hydrogens is 266 g/mol. The molecule has 0 saturated carbocycles. The Bertz CT molecular complexity index is 585. The Balaban J connectivity index is 1.63. The molecule has 3 rings (SSSR count). The number of rotatable bonds is 3. The van der Waals surface area contributed by atoms with Crippen molar-refractivity contribution in [3.8, 4) is 0 Å². The molecule has 0 bridgehead atoms. The minimum Gasteiger partial charge on any atom is -0.369 e. The normalized spacial score (nSPS) is 16.0. The summed E-state index contributed by atoms with van der Waals surface area (Å²) in [5.41, 5.74) is 2.44. The fourth-order valence-corrected chi connectivity index (χ4v) is 2.40. The summed E-state index contributed by atoms with van der Waals surface area (Å²) in [6, 6.07) is 9.61. The number of anilines is 2. The third kappa shape index (κ3) is 3.22. The number of carbonyl (C=O) groups excluding carboxylic acids is 1. The van der Waals surface area contributed by atoms with E-state index in [1.807, 2.05) is 24.3 Å². The molecule has 110 valence electrons. The average molecular weight is 285 g/mol. The number of H-pyrrole nitrogens is 1. The van der Waals surface area contributed by atoms with Crippen LogP contribution in [-0.4, -0.2) is 54.2 Å². The summed E-state index contributed by atoms with van der Waals surface area (Å²) in [5.74, 6) is -0.181. The second-order valence-corrected chi connectivity index (χ2v) is 5.26. The maximum absolute atomic E-state index is 11.9. The second-order valence-electron chi connectivity index (χ2n) is 5.26. The Labute approximate surface area is 123 Å². The summed E-state index contributed by atoms with van der Waals surface area (Å²) in [6.07, 6.45) is 1.56. The number of aromatic nitrogens is 2. The van der Waals surface area contributed by atoms with Crippen molar-refractivity contribution < 1.29 is 4.79 Å². The van der Waals surface area contributed by atoms with Gasteiger partial charge in [0.05, 0.1) is 0 Å². The predicted octanol–water partition coefficient (Wildman–Crippen LogP) is 1.41. The van der Waals surface area contributed by atoms with E-state index in [-0.39, 0.29) is 5.91 Å². The first kappa shape index (κ1) is 13.6. The van der Waals surface area contributed by atoms with Crippen LogP contribution in [-0.2, 0) is 0 Å². The third-order valence-electron chi connectivity index (χ3n) is 3.74. The highest BCUT2D eigenvalue weighted by Gasteiger charge is 2.14. The van der Waals surface area contributed by atoms with E-state index in [9.17, 15) is 4.79 Å². The van der Waals surface area contributed by atoms with Crippen molar-refractivity contribution in [3.05, 3.63) is 42.2 Å². The summed E-state index contributed by atoms with van der Waals surface area (Å²) in [5, 5.41) is 9.26. The summed E-state index contributed by atoms with van der Waals surface area (Å²) in [4.78, 5) is 16.6. The highest BCUT2D eigenvalue weighted by atomic mass is 16.1. The predicted molar refractivity (Wildman–Crippen MR) is 82.7 cm³/mol. The Kier molecular flexibility index (Phi) is 3.87. The van der Waals surface area contributed by atoms with Gasteiger partial charge >= 0.3 is 0 Å². The molecule has 1 aliphatic rings. The van der Waals surface area contributed by atoms with Crippen molar-refractivity contribution in [2.45, 2.75) is 0 Å². The number of benzene rings is 1. The first-order valence-electron chi connectivity index (χ1n) is 7.07. The zero-order chi connectivity index (χ0) is 14.7. The molecule has 6 heteroatoms. The number of nitrogens with one attached hydrogen (secondary N) is 2. The largest absolute Gasteiger partial charge is 0.369 e. The van der Waals surface area contributed by atoms with E-state index in [4.69, 9.17) is 0 Å². The molecule has 1 aliphatic heterocycles. The fourth-order valence-electron chi connectivity index (χ4n) is 2.40. The number of nitrogens with zero attached hydrogens (tertiary/aromatic N) is 3. The van der Waals surface area contributed by atoms with Gasteiger partial charge in [0.25, 0.3) is 5.91 Å². The van der Waals surface area contributed by atoms with Gasteiger partial charge in [-0.25, -0.2) is 0 Å². The van der Waals surface area contributed by atoms with Crippen molar-refractivity contribution in [3.63, 3.8) is 0 Å². The zero-order valence-electron chi connectivity index (χ0n) is 12.0. The van der Waals surface area contributed by atoms with Crippen LogP contribution in [0.4, 0.5) is 11.4 Å². The van der Waals surface area contributed by atoms with E-state index < -0.39 is 0 Å². The molecule has 1 aromatic carbocycles. The number of hydrogen-bond donors (Lipinski definition) is 2. The van der Waals surface area contributed by atoms with Crippen LogP contribution in [0.15, 0.2) is 36.5 Å². The number of aromatic amines is 1. The second kappa shape index (κ2) is 5.97. The van der Waals surface area contributed by atoms with Crippen LogP contribution < -0.4 is 10.2 Å². The maximum atomic E-state index is 11.9. The van der Waals surface area contributed by atoms with Crippen LogP contribution in [0.25, 0.3) is 0 Å². The number of amides is 1. The lowest BCUT2D eigenvalue weighted by Crippen LogP contribution is -2.44. The van der Waals surface area contributed by atoms with E-state index in [2.05, 4.69) is 32.4 Å². The number of carbonyl (C=O) groups is 1. The Hall–Kier alpha value is -2.34. The minimum atomic E-state index is -0.181. The number of likely N-dealkylation sites (N-methyl/N-ethyl adjacent to an activating group) is 1. The van der Waals surface area contributed by atoms with Gasteiger partial charge in [-0.3, -0.25) is 9.89 Å².